The Morgan fingerprint density at radius 3 is 2.30 bits per heavy atom. The zero-order valence-electron chi connectivity index (χ0n) is 12.8. The molecule has 0 spiro atoms. The first-order valence-corrected chi connectivity index (χ1v) is 7.33. The van der Waals surface area contributed by atoms with Crippen molar-refractivity contribution in [2.24, 2.45) is 0 Å². The van der Waals surface area contributed by atoms with Crippen LogP contribution in [0.5, 0.6) is 5.75 Å². The number of carboxylic acids is 2. The molecule has 0 bridgehead atoms. The molecule has 0 fully saturated rings. The summed E-state index contributed by atoms with van der Waals surface area (Å²) in [5.41, 5.74) is 1.02. The van der Waals surface area contributed by atoms with E-state index in [4.69, 9.17) is 4.74 Å². The molecule has 2 N–H and O–H groups in total. The van der Waals surface area contributed by atoms with Crippen LogP contribution in [0.15, 0.2) is 42.5 Å². The van der Waals surface area contributed by atoms with Crippen LogP contribution >= 0.6 is 0 Å². The Morgan fingerprint density at radius 1 is 1.04 bits per heavy atom. The molecular weight excluding hydrogens is 296 g/mol. The molecule has 0 unspecified atom stereocenters. The maximum atomic E-state index is 11.4. The van der Waals surface area contributed by atoms with E-state index in [0.717, 1.165) is 5.56 Å². The van der Waals surface area contributed by atoms with Gasteiger partial charge in [0.2, 0.25) is 0 Å². The third-order valence-corrected chi connectivity index (χ3v) is 3.41. The van der Waals surface area contributed by atoms with Gasteiger partial charge in [-0.1, -0.05) is 43.7 Å². The molecule has 2 aromatic carbocycles. The number of ether oxygens (including phenoxy) is 1. The van der Waals surface area contributed by atoms with Gasteiger partial charge in [-0.15, -0.1) is 0 Å². The lowest BCUT2D eigenvalue weighted by Crippen LogP contribution is -2.12. The number of hydrogen-bond donors (Lipinski definition) is 2. The monoisotopic (exact) mass is 314 g/mol. The van der Waals surface area contributed by atoms with E-state index in [2.05, 4.69) is 0 Å². The van der Waals surface area contributed by atoms with E-state index in [0.29, 0.717) is 24.2 Å². The smallest absolute Gasteiger partial charge is 0.336 e. The molecule has 0 atom stereocenters. The van der Waals surface area contributed by atoms with Crippen LogP contribution in [0.25, 0.3) is 0 Å². The van der Waals surface area contributed by atoms with Gasteiger partial charge in [0, 0.05) is 0 Å². The Balaban J connectivity index is 2.36. The van der Waals surface area contributed by atoms with Crippen LogP contribution in [0.3, 0.4) is 0 Å². The van der Waals surface area contributed by atoms with E-state index < -0.39 is 11.9 Å². The number of aromatic carboxylic acids is 2. The second-order valence-corrected chi connectivity index (χ2v) is 5.14. The third-order valence-electron chi connectivity index (χ3n) is 3.41. The second kappa shape index (κ2) is 7.45. The van der Waals surface area contributed by atoms with Crippen molar-refractivity contribution in [1.82, 2.24) is 0 Å². The van der Waals surface area contributed by atoms with Crippen molar-refractivity contribution >= 4 is 11.9 Å². The molecule has 5 nitrogen and oxygen atoms in total. The Morgan fingerprint density at radius 2 is 1.74 bits per heavy atom. The molecule has 23 heavy (non-hydrogen) atoms. The van der Waals surface area contributed by atoms with Crippen LogP contribution in [-0.4, -0.2) is 22.2 Å². The van der Waals surface area contributed by atoms with Crippen LogP contribution in [0.4, 0.5) is 0 Å². The lowest BCUT2D eigenvalue weighted by molar-refractivity contribution is 0.0650. The van der Waals surface area contributed by atoms with Crippen LogP contribution in [0.2, 0.25) is 0 Å². The quantitative estimate of drug-likeness (QED) is 0.815. The minimum absolute atomic E-state index is 0.161. The number of benzene rings is 2. The van der Waals surface area contributed by atoms with Crippen molar-refractivity contribution in [2.75, 3.05) is 0 Å². The summed E-state index contributed by atoms with van der Waals surface area (Å²) in [5, 5.41) is 18.6. The number of aryl methyl sites for hydroxylation is 1. The van der Waals surface area contributed by atoms with E-state index in [1.165, 1.54) is 6.07 Å². The molecule has 0 heterocycles. The second-order valence-electron chi connectivity index (χ2n) is 5.14. The molecule has 0 aliphatic carbocycles. The van der Waals surface area contributed by atoms with Crippen LogP contribution in [-0.2, 0) is 13.0 Å². The third kappa shape index (κ3) is 4.10. The minimum atomic E-state index is -1.27. The van der Waals surface area contributed by atoms with Gasteiger partial charge in [-0.3, -0.25) is 0 Å². The first kappa shape index (κ1) is 16.5. The van der Waals surface area contributed by atoms with Gasteiger partial charge in [-0.2, -0.15) is 0 Å². The fourth-order valence-electron chi connectivity index (χ4n) is 2.38. The van der Waals surface area contributed by atoms with Crippen LogP contribution < -0.4 is 4.74 Å². The average Bonchev–Trinajstić information content (AvgIpc) is 2.53. The number of carboxylic acid groups (broad SMARTS) is 2. The summed E-state index contributed by atoms with van der Waals surface area (Å²) in [6, 6.07) is 12.4. The molecule has 0 amide bonds. The fourth-order valence-corrected chi connectivity index (χ4v) is 2.38. The first-order chi connectivity index (χ1) is 11.0. The van der Waals surface area contributed by atoms with Gasteiger partial charge >= 0.3 is 11.9 Å². The molecule has 2 rings (SSSR count). The summed E-state index contributed by atoms with van der Waals surface area (Å²) in [6.07, 6.45) is 1.19. The average molecular weight is 314 g/mol. The van der Waals surface area contributed by atoms with Gasteiger partial charge in [0.25, 0.3) is 0 Å². The normalized spacial score (nSPS) is 10.3. The van der Waals surface area contributed by atoms with Crippen LogP contribution in [0.1, 0.15) is 45.2 Å². The summed E-state index contributed by atoms with van der Waals surface area (Å²) >= 11 is 0. The molecular formula is C18H18O5. The summed E-state index contributed by atoms with van der Waals surface area (Å²) < 4.78 is 5.65. The van der Waals surface area contributed by atoms with Gasteiger partial charge in [0.1, 0.15) is 12.4 Å². The van der Waals surface area contributed by atoms with Gasteiger partial charge in [0.15, 0.2) is 0 Å². The molecule has 2 aromatic rings. The summed E-state index contributed by atoms with van der Waals surface area (Å²) in [7, 11) is 0. The highest BCUT2D eigenvalue weighted by molar-refractivity contribution is 6.03. The van der Waals surface area contributed by atoms with E-state index >= 15 is 0 Å². The highest BCUT2D eigenvalue weighted by Gasteiger charge is 2.21. The molecule has 0 saturated heterocycles. The predicted octanol–water partition coefficient (Wildman–Crippen LogP) is 3.61. The highest BCUT2D eigenvalue weighted by Crippen LogP contribution is 2.25. The summed E-state index contributed by atoms with van der Waals surface area (Å²) in [4.78, 5) is 22.8. The summed E-state index contributed by atoms with van der Waals surface area (Å²) in [6.45, 7) is 2.20. The minimum Gasteiger partial charge on any atom is -0.489 e. The van der Waals surface area contributed by atoms with E-state index in [9.17, 15) is 19.8 Å². The van der Waals surface area contributed by atoms with Crippen molar-refractivity contribution in [3.63, 3.8) is 0 Å². The molecule has 120 valence electrons. The molecule has 0 radical (unpaired) electrons. The largest absolute Gasteiger partial charge is 0.489 e. The Labute approximate surface area is 134 Å². The SMILES string of the molecule is CCCc1cc(OCc2ccccc2)cc(C(=O)O)c1C(=O)O. The first-order valence-electron chi connectivity index (χ1n) is 7.33. The van der Waals surface area contributed by atoms with Gasteiger partial charge in [0.05, 0.1) is 11.1 Å². The Bertz CT molecular complexity index is 707. The van der Waals surface area contributed by atoms with Crippen LogP contribution in [0, 0.1) is 0 Å². The number of carbonyl (C=O) groups is 2. The maximum Gasteiger partial charge on any atom is 0.336 e. The lowest BCUT2D eigenvalue weighted by Gasteiger charge is -2.13. The molecule has 0 aliphatic rings. The molecule has 5 heteroatoms. The van der Waals surface area contributed by atoms with E-state index in [-0.39, 0.29) is 17.7 Å². The standard InChI is InChI=1S/C18H18O5/c1-2-6-13-9-14(23-11-12-7-4-3-5-8-12)10-15(17(19)20)16(13)18(21)22/h3-5,7-10H,2,6,11H2,1H3,(H,19,20)(H,21,22). The fraction of sp³-hybridized carbons (Fsp3) is 0.222. The number of rotatable bonds is 7. The van der Waals surface area contributed by atoms with E-state index in [1.807, 2.05) is 37.3 Å². The van der Waals surface area contributed by atoms with E-state index in [1.54, 1.807) is 6.07 Å². The highest BCUT2D eigenvalue weighted by atomic mass is 16.5. The van der Waals surface area contributed by atoms with Crippen molar-refractivity contribution in [1.29, 1.82) is 0 Å². The number of hydrogen-bond acceptors (Lipinski definition) is 3. The van der Waals surface area contributed by atoms with Gasteiger partial charge in [-0.05, 0) is 29.7 Å². The summed E-state index contributed by atoms with van der Waals surface area (Å²) in [5.74, 6) is -2.15. The van der Waals surface area contributed by atoms with Crippen molar-refractivity contribution < 1.29 is 24.5 Å². The molecule has 0 saturated carbocycles. The zero-order valence-corrected chi connectivity index (χ0v) is 12.8. The van der Waals surface area contributed by atoms with Crippen molar-refractivity contribution in [3.05, 3.63) is 64.7 Å². The van der Waals surface area contributed by atoms with Gasteiger partial charge < -0.3 is 14.9 Å². The zero-order chi connectivity index (χ0) is 16.8. The molecule has 0 aromatic heterocycles. The Kier molecular flexibility index (Phi) is 5.36. The Hall–Kier alpha value is -2.82. The van der Waals surface area contributed by atoms with Gasteiger partial charge in [-0.25, -0.2) is 9.59 Å². The molecule has 0 aliphatic heterocycles. The van der Waals surface area contributed by atoms with Crippen molar-refractivity contribution in [2.45, 2.75) is 26.4 Å². The lowest BCUT2D eigenvalue weighted by atomic mass is 9.97. The van der Waals surface area contributed by atoms with Crippen molar-refractivity contribution in [3.8, 4) is 5.75 Å². The maximum absolute atomic E-state index is 11.4. The predicted molar refractivity (Wildman–Crippen MR) is 85.1 cm³/mol. The topological polar surface area (TPSA) is 83.8 Å².